The molecule has 1 N–H and O–H groups in total. The molecule has 0 bridgehead atoms. The van der Waals surface area contributed by atoms with Crippen LogP contribution >= 0.6 is 0 Å². The van der Waals surface area contributed by atoms with Gasteiger partial charge in [0.25, 0.3) is 0 Å². The average Bonchev–Trinajstić information content (AvgIpc) is 2.67. The first-order chi connectivity index (χ1) is 13.6. The maximum absolute atomic E-state index is 11.4. The van der Waals surface area contributed by atoms with E-state index in [0.717, 1.165) is 25.7 Å². The topological polar surface area (TPSA) is 63.6 Å². The molecule has 0 saturated carbocycles. The van der Waals surface area contributed by atoms with Crippen LogP contribution in [0.3, 0.4) is 0 Å². The summed E-state index contributed by atoms with van der Waals surface area (Å²) in [6, 6.07) is 0. The largest absolute Gasteiger partial charge is 0.481 e. The molecule has 0 unspecified atom stereocenters. The first-order valence-electron chi connectivity index (χ1n) is 12.0. The molecule has 168 valence electrons. The maximum atomic E-state index is 11.4. The van der Waals surface area contributed by atoms with Gasteiger partial charge in [0, 0.05) is 12.8 Å². The normalized spacial score (nSPS) is 10.2. The third-order valence-corrected chi connectivity index (χ3v) is 4.74. The quantitative estimate of drug-likeness (QED) is 0.178. The minimum atomic E-state index is -0.670. The zero-order valence-corrected chi connectivity index (χ0v) is 19.1. The molecule has 0 aliphatic heterocycles. The lowest BCUT2D eigenvalue weighted by Crippen LogP contribution is -2.05. The van der Waals surface area contributed by atoms with Crippen LogP contribution in [-0.4, -0.2) is 23.7 Å². The van der Waals surface area contributed by atoms with Gasteiger partial charge in [-0.2, -0.15) is 0 Å². The van der Waals surface area contributed by atoms with E-state index in [1.807, 2.05) is 0 Å². The van der Waals surface area contributed by atoms with Crippen LogP contribution in [0.25, 0.3) is 0 Å². The molecule has 0 spiro atoms. The molecule has 0 aliphatic rings. The number of ether oxygens (including phenoxy) is 1. The molecule has 0 aromatic heterocycles. The number of rotatable bonds is 19. The van der Waals surface area contributed by atoms with Crippen LogP contribution in [0.4, 0.5) is 0 Å². The van der Waals surface area contributed by atoms with E-state index < -0.39 is 5.97 Å². The summed E-state index contributed by atoms with van der Waals surface area (Å²) in [4.78, 5) is 21.4. The molecule has 0 amide bonds. The first-order valence-corrected chi connectivity index (χ1v) is 12.0. The van der Waals surface area contributed by atoms with E-state index in [1.54, 1.807) is 0 Å². The van der Waals surface area contributed by atoms with E-state index >= 15 is 0 Å². The summed E-state index contributed by atoms with van der Waals surface area (Å²) in [5.74, 6) is -0.670. The Hall–Kier alpha value is -1.06. The Bertz CT molecular complexity index is 329. The van der Waals surface area contributed by atoms with E-state index in [4.69, 9.17) is 9.84 Å². The predicted molar refractivity (Wildman–Crippen MR) is 119 cm³/mol. The minimum Gasteiger partial charge on any atom is -0.481 e. The fraction of sp³-hybridized carbons (Fsp3) is 0.917. The van der Waals surface area contributed by atoms with Gasteiger partial charge in [-0.1, -0.05) is 104 Å². The van der Waals surface area contributed by atoms with E-state index in [9.17, 15) is 9.59 Å². The van der Waals surface area contributed by atoms with Crippen molar-refractivity contribution < 1.29 is 19.4 Å². The Balaban J connectivity index is 0. The van der Waals surface area contributed by atoms with E-state index in [2.05, 4.69) is 20.8 Å². The highest BCUT2D eigenvalue weighted by atomic mass is 16.5. The number of esters is 1. The van der Waals surface area contributed by atoms with Crippen LogP contribution in [0, 0.1) is 0 Å². The number of aliphatic carboxylic acids is 1. The zero-order chi connectivity index (χ0) is 21.3. The van der Waals surface area contributed by atoms with Crippen molar-refractivity contribution in [3.8, 4) is 0 Å². The van der Waals surface area contributed by atoms with Crippen molar-refractivity contribution in [1.82, 2.24) is 0 Å². The van der Waals surface area contributed by atoms with Crippen LogP contribution < -0.4 is 0 Å². The number of carboxylic acids is 1. The molecule has 0 atom stereocenters. The highest BCUT2D eigenvalue weighted by Crippen LogP contribution is 2.08. The Morgan fingerprint density at radius 1 is 0.571 bits per heavy atom. The van der Waals surface area contributed by atoms with Crippen molar-refractivity contribution in [1.29, 1.82) is 0 Å². The molecule has 4 nitrogen and oxygen atoms in total. The van der Waals surface area contributed by atoms with Crippen LogP contribution in [-0.2, 0) is 14.3 Å². The Kier molecular flexibility index (Phi) is 27.0. The van der Waals surface area contributed by atoms with Crippen LogP contribution in [0.1, 0.15) is 136 Å². The maximum Gasteiger partial charge on any atom is 0.305 e. The first kappa shape index (κ1) is 29.1. The minimum absolute atomic E-state index is 0.0000525. The van der Waals surface area contributed by atoms with Crippen molar-refractivity contribution in [2.24, 2.45) is 0 Å². The lowest BCUT2D eigenvalue weighted by Gasteiger charge is -2.04. The van der Waals surface area contributed by atoms with E-state index in [1.165, 1.54) is 77.0 Å². The standard InChI is InChI=1S/C16H32O2.C8H16O2/c1-3-5-7-9-11-13-15-18-16(17)14-12-10-8-6-4-2;1-2-3-4-5-6-7-8(9)10/h3-15H2,1-2H3;2-7H2,1H3,(H,9,10). The van der Waals surface area contributed by atoms with Gasteiger partial charge in [0.2, 0.25) is 0 Å². The lowest BCUT2D eigenvalue weighted by atomic mass is 10.1. The fourth-order valence-electron chi connectivity index (χ4n) is 2.89. The Morgan fingerprint density at radius 3 is 1.43 bits per heavy atom. The molecule has 28 heavy (non-hydrogen) atoms. The SMILES string of the molecule is CCCCCCCC(=O)O.CCCCCCCCOC(=O)CCCCCCC. The second kappa shape index (κ2) is 25.9. The average molecular weight is 401 g/mol. The number of hydrogen-bond acceptors (Lipinski definition) is 3. The van der Waals surface area contributed by atoms with E-state index in [-0.39, 0.29) is 5.97 Å². The van der Waals surface area contributed by atoms with Crippen LogP contribution in [0.2, 0.25) is 0 Å². The molecule has 0 heterocycles. The molecule has 0 aromatic carbocycles. The third-order valence-electron chi connectivity index (χ3n) is 4.74. The van der Waals surface area contributed by atoms with Crippen molar-refractivity contribution in [3.05, 3.63) is 0 Å². The molecule has 4 heteroatoms. The third kappa shape index (κ3) is 29.7. The van der Waals surface area contributed by atoms with Crippen LogP contribution in [0.15, 0.2) is 0 Å². The summed E-state index contributed by atoms with van der Waals surface area (Å²) in [7, 11) is 0. The molecule has 0 saturated heterocycles. The molecule has 0 fully saturated rings. The van der Waals surface area contributed by atoms with Gasteiger partial charge >= 0.3 is 11.9 Å². The summed E-state index contributed by atoms with van der Waals surface area (Å²) < 4.78 is 5.22. The van der Waals surface area contributed by atoms with Gasteiger partial charge in [-0.3, -0.25) is 9.59 Å². The van der Waals surface area contributed by atoms with Crippen molar-refractivity contribution in [2.45, 2.75) is 136 Å². The van der Waals surface area contributed by atoms with Crippen molar-refractivity contribution in [2.75, 3.05) is 6.61 Å². The second-order valence-electron chi connectivity index (χ2n) is 7.71. The van der Waals surface area contributed by atoms with Gasteiger partial charge < -0.3 is 9.84 Å². The Morgan fingerprint density at radius 2 is 0.964 bits per heavy atom. The van der Waals surface area contributed by atoms with Gasteiger partial charge in [-0.15, -0.1) is 0 Å². The molecule has 0 aromatic rings. The van der Waals surface area contributed by atoms with Gasteiger partial charge in [-0.05, 0) is 19.3 Å². The molecular weight excluding hydrogens is 352 g/mol. The molecule has 0 aliphatic carbocycles. The summed E-state index contributed by atoms with van der Waals surface area (Å²) in [6.07, 6.45) is 19.9. The fourth-order valence-corrected chi connectivity index (χ4v) is 2.89. The molecular formula is C24H48O4. The highest BCUT2D eigenvalue weighted by molar-refractivity contribution is 5.69. The number of unbranched alkanes of at least 4 members (excludes halogenated alkanes) is 13. The number of carbonyl (C=O) groups excluding carboxylic acids is 1. The van der Waals surface area contributed by atoms with Gasteiger partial charge in [0.1, 0.15) is 0 Å². The summed E-state index contributed by atoms with van der Waals surface area (Å²) >= 11 is 0. The smallest absolute Gasteiger partial charge is 0.305 e. The summed E-state index contributed by atoms with van der Waals surface area (Å²) in [5.41, 5.74) is 0. The lowest BCUT2D eigenvalue weighted by molar-refractivity contribution is -0.144. The number of hydrogen-bond donors (Lipinski definition) is 1. The number of carbonyl (C=O) groups is 2. The zero-order valence-electron chi connectivity index (χ0n) is 19.1. The Labute approximate surface area is 174 Å². The van der Waals surface area contributed by atoms with Gasteiger partial charge in [0.05, 0.1) is 6.61 Å². The molecule has 0 rings (SSSR count). The summed E-state index contributed by atoms with van der Waals surface area (Å²) in [5, 5.41) is 8.27. The van der Waals surface area contributed by atoms with E-state index in [0.29, 0.717) is 19.4 Å². The van der Waals surface area contributed by atoms with Crippen molar-refractivity contribution >= 4 is 11.9 Å². The molecule has 0 radical (unpaired) electrons. The highest BCUT2D eigenvalue weighted by Gasteiger charge is 2.02. The monoisotopic (exact) mass is 400 g/mol. The van der Waals surface area contributed by atoms with Gasteiger partial charge in [0.15, 0.2) is 0 Å². The predicted octanol–water partition coefficient (Wildman–Crippen LogP) is 7.68. The van der Waals surface area contributed by atoms with Gasteiger partial charge in [-0.25, -0.2) is 0 Å². The van der Waals surface area contributed by atoms with Crippen LogP contribution in [0.5, 0.6) is 0 Å². The van der Waals surface area contributed by atoms with Crippen molar-refractivity contribution in [3.63, 3.8) is 0 Å². The second-order valence-corrected chi connectivity index (χ2v) is 7.71. The number of carboxylic acid groups (broad SMARTS) is 1. The summed E-state index contributed by atoms with van der Waals surface area (Å²) in [6.45, 7) is 7.20.